The summed E-state index contributed by atoms with van der Waals surface area (Å²) in [6.45, 7) is 1.86. The number of aliphatic hydroxyl groups is 1. The minimum atomic E-state index is -3.31. The van der Waals surface area contributed by atoms with Crippen molar-refractivity contribution < 1.29 is 24.0 Å². The van der Waals surface area contributed by atoms with E-state index in [1.165, 1.54) is 17.8 Å². The minimum Gasteiger partial charge on any atom is -0.497 e. The second-order valence-electron chi connectivity index (χ2n) is 10.3. The van der Waals surface area contributed by atoms with Gasteiger partial charge in [0.2, 0.25) is 7.37 Å². The Morgan fingerprint density at radius 2 is 1.83 bits per heavy atom. The summed E-state index contributed by atoms with van der Waals surface area (Å²) < 4.78 is 23.2. The Hall–Kier alpha value is -2.32. The molecule has 0 heterocycles. The average molecular weight is 498 g/mol. The molecule has 0 aromatic heterocycles. The first kappa shape index (κ1) is 25.8. The van der Waals surface area contributed by atoms with Gasteiger partial charge in [0.25, 0.3) is 0 Å². The van der Waals surface area contributed by atoms with Crippen LogP contribution in [0, 0.1) is 23.2 Å². The van der Waals surface area contributed by atoms with Crippen LogP contribution in [0.15, 0.2) is 42.5 Å². The maximum Gasteiger partial charge on any atom is 0.200 e. The Morgan fingerprint density at radius 1 is 1.09 bits per heavy atom. The molecule has 7 heteroatoms. The molecule has 2 aromatic carbocycles. The Labute approximate surface area is 208 Å². The summed E-state index contributed by atoms with van der Waals surface area (Å²) in [5, 5.41) is 20.1. The van der Waals surface area contributed by atoms with Crippen molar-refractivity contribution in [3.05, 3.63) is 59.2 Å². The number of nitrogens with zero attached hydrogens (tertiary/aromatic N) is 1. The lowest BCUT2D eigenvalue weighted by molar-refractivity contribution is 0.191. The van der Waals surface area contributed by atoms with Gasteiger partial charge < -0.3 is 19.5 Å². The van der Waals surface area contributed by atoms with Crippen LogP contribution < -0.4 is 9.47 Å². The van der Waals surface area contributed by atoms with Crippen molar-refractivity contribution in [1.29, 1.82) is 5.26 Å². The third-order valence-electron chi connectivity index (χ3n) is 7.39. The molecule has 4 rings (SSSR count). The standard InChI is InChI=1S/C28H36NO5P/c1-33-23-12-13-25(27(16-29)21-10-11-21)26(15-23)20-8-6-19(7-9-20)17-34-24-5-3-4-22(14-24)28(30)18-35(2,31)32/h3-5,12-15,19-21,27-28,30H,6-11,17-18H2,1-2H3,(H,31,32)/t19?,20?,27?,28-/m1/s1. The van der Waals surface area contributed by atoms with Crippen molar-refractivity contribution in [2.75, 3.05) is 26.5 Å². The van der Waals surface area contributed by atoms with E-state index < -0.39 is 13.5 Å². The molecule has 2 fully saturated rings. The van der Waals surface area contributed by atoms with E-state index in [0.29, 0.717) is 35.7 Å². The normalized spacial score (nSPS) is 23.5. The van der Waals surface area contributed by atoms with Crippen LogP contribution in [0.5, 0.6) is 11.5 Å². The van der Waals surface area contributed by atoms with E-state index in [1.54, 1.807) is 25.3 Å². The van der Waals surface area contributed by atoms with Crippen molar-refractivity contribution in [3.8, 4) is 17.6 Å². The van der Waals surface area contributed by atoms with Crippen LogP contribution in [0.3, 0.4) is 0 Å². The van der Waals surface area contributed by atoms with Crippen LogP contribution in [0.1, 0.15) is 73.2 Å². The highest BCUT2D eigenvalue weighted by molar-refractivity contribution is 7.57. The maximum absolute atomic E-state index is 11.6. The summed E-state index contributed by atoms with van der Waals surface area (Å²) in [5.41, 5.74) is 3.06. The Kier molecular flexibility index (Phi) is 8.22. The number of hydrogen-bond donors (Lipinski definition) is 2. The van der Waals surface area contributed by atoms with E-state index >= 15 is 0 Å². The molecular formula is C28H36NO5P. The number of benzene rings is 2. The average Bonchev–Trinajstić information content (AvgIpc) is 3.68. The highest BCUT2D eigenvalue weighted by Crippen LogP contribution is 2.47. The minimum absolute atomic E-state index is 0.0213. The second kappa shape index (κ2) is 11.2. The van der Waals surface area contributed by atoms with Gasteiger partial charge in [0.15, 0.2) is 0 Å². The van der Waals surface area contributed by atoms with Gasteiger partial charge in [-0.1, -0.05) is 18.2 Å². The smallest absolute Gasteiger partial charge is 0.200 e. The van der Waals surface area contributed by atoms with Gasteiger partial charge in [-0.05, 0) is 97.2 Å². The molecule has 35 heavy (non-hydrogen) atoms. The van der Waals surface area contributed by atoms with Crippen molar-refractivity contribution in [2.45, 2.75) is 56.5 Å². The molecule has 0 amide bonds. The van der Waals surface area contributed by atoms with E-state index in [2.05, 4.69) is 18.2 Å². The van der Waals surface area contributed by atoms with E-state index in [1.807, 2.05) is 12.1 Å². The fourth-order valence-electron chi connectivity index (χ4n) is 5.27. The lowest BCUT2D eigenvalue weighted by atomic mass is 9.75. The molecule has 2 aliphatic rings. The van der Waals surface area contributed by atoms with Gasteiger partial charge >= 0.3 is 0 Å². The van der Waals surface area contributed by atoms with Crippen molar-refractivity contribution in [1.82, 2.24) is 0 Å². The molecule has 2 unspecified atom stereocenters. The second-order valence-corrected chi connectivity index (χ2v) is 12.8. The summed E-state index contributed by atoms with van der Waals surface area (Å²) in [4.78, 5) is 9.56. The number of hydrogen-bond acceptors (Lipinski definition) is 5. The number of rotatable bonds is 10. The number of methoxy groups -OCH3 is 1. The first-order valence-corrected chi connectivity index (χ1v) is 14.8. The molecule has 0 spiro atoms. The molecule has 0 bridgehead atoms. The summed E-state index contributed by atoms with van der Waals surface area (Å²) >= 11 is 0. The van der Waals surface area contributed by atoms with Gasteiger partial charge in [-0.15, -0.1) is 0 Å². The zero-order valence-corrected chi connectivity index (χ0v) is 21.5. The highest BCUT2D eigenvalue weighted by Gasteiger charge is 2.35. The monoisotopic (exact) mass is 497 g/mol. The van der Waals surface area contributed by atoms with Gasteiger partial charge in [-0.25, -0.2) is 0 Å². The Bertz CT molecular complexity index is 1090. The van der Waals surface area contributed by atoms with Crippen LogP contribution in [-0.2, 0) is 4.57 Å². The van der Waals surface area contributed by atoms with Crippen molar-refractivity contribution >= 4 is 7.37 Å². The summed E-state index contributed by atoms with van der Waals surface area (Å²) in [7, 11) is -1.62. The molecule has 2 aromatic rings. The number of nitriles is 1. The quantitative estimate of drug-likeness (QED) is 0.391. The third-order valence-corrected chi connectivity index (χ3v) is 8.41. The van der Waals surface area contributed by atoms with Crippen LogP contribution in [0.4, 0.5) is 0 Å². The lowest BCUT2D eigenvalue weighted by Crippen LogP contribution is -2.20. The maximum atomic E-state index is 11.6. The van der Waals surface area contributed by atoms with E-state index in [0.717, 1.165) is 44.3 Å². The topological polar surface area (TPSA) is 99.8 Å². The van der Waals surface area contributed by atoms with Gasteiger partial charge in [-0.3, -0.25) is 4.57 Å². The van der Waals surface area contributed by atoms with Crippen LogP contribution in [0.2, 0.25) is 0 Å². The fraction of sp³-hybridized carbons (Fsp3) is 0.536. The SMILES string of the molecule is COc1ccc(C(C#N)C2CC2)c(C2CCC(COc3cccc([C@H](O)CP(C)(=O)O)c3)CC2)c1. The Morgan fingerprint density at radius 3 is 2.46 bits per heavy atom. The molecule has 0 radical (unpaired) electrons. The van der Waals surface area contributed by atoms with Gasteiger partial charge in [0, 0.05) is 6.66 Å². The third kappa shape index (κ3) is 6.88. The van der Waals surface area contributed by atoms with Gasteiger partial charge in [0.1, 0.15) is 11.5 Å². The summed E-state index contributed by atoms with van der Waals surface area (Å²) in [6, 6.07) is 16.0. The van der Waals surface area contributed by atoms with E-state index in [4.69, 9.17) is 9.47 Å². The molecular weight excluding hydrogens is 461 g/mol. The molecule has 0 aliphatic heterocycles. The zero-order valence-electron chi connectivity index (χ0n) is 20.6. The first-order chi connectivity index (χ1) is 16.8. The predicted octanol–water partition coefficient (Wildman–Crippen LogP) is 6.00. The summed E-state index contributed by atoms with van der Waals surface area (Å²) in [5.74, 6) is 2.86. The largest absolute Gasteiger partial charge is 0.497 e. The Balaban J connectivity index is 1.36. The fourth-order valence-corrected chi connectivity index (χ4v) is 6.12. The number of aliphatic hydroxyl groups excluding tert-OH is 1. The van der Waals surface area contributed by atoms with Gasteiger partial charge in [0.05, 0.1) is 38.0 Å². The lowest BCUT2D eigenvalue weighted by Gasteiger charge is -2.31. The molecule has 2 aliphatic carbocycles. The first-order valence-electron chi connectivity index (χ1n) is 12.5. The van der Waals surface area contributed by atoms with Crippen LogP contribution in [0.25, 0.3) is 0 Å². The zero-order chi connectivity index (χ0) is 25.0. The van der Waals surface area contributed by atoms with E-state index in [-0.39, 0.29) is 12.1 Å². The highest BCUT2D eigenvalue weighted by atomic mass is 31.2. The molecule has 188 valence electrons. The van der Waals surface area contributed by atoms with Crippen molar-refractivity contribution in [3.63, 3.8) is 0 Å². The predicted molar refractivity (Wildman–Crippen MR) is 136 cm³/mol. The van der Waals surface area contributed by atoms with E-state index in [9.17, 15) is 19.8 Å². The number of ether oxygens (including phenoxy) is 2. The van der Waals surface area contributed by atoms with Crippen LogP contribution in [-0.4, -0.2) is 36.5 Å². The molecule has 2 N–H and O–H groups in total. The molecule has 0 saturated heterocycles. The molecule has 2 saturated carbocycles. The van der Waals surface area contributed by atoms with Gasteiger partial charge in [-0.2, -0.15) is 5.26 Å². The molecule has 6 nitrogen and oxygen atoms in total. The van der Waals surface area contributed by atoms with Crippen LogP contribution >= 0.6 is 7.37 Å². The van der Waals surface area contributed by atoms with Crippen molar-refractivity contribution in [2.24, 2.45) is 11.8 Å². The summed E-state index contributed by atoms with van der Waals surface area (Å²) in [6.07, 6.45) is 5.34. The molecule has 3 atom stereocenters.